The molecule has 0 saturated carbocycles. The normalized spacial score (nSPS) is 18.1. The number of carbonyl (C=O) groups is 1. The summed E-state index contributed by atoms with van der Waals surface area (Å²) in [7, 11) is -2.47. The summed E-state index contributed by atoms with van der Waals surface area (Å²) in [5, 5.41) is 3.44. The first-order valence-electron chi connectivity index (χ1n) is 5.94. The number of aryl methyl sites for hydroxylation is 1. The first-order chi connectivity index (χ1) is 8.87. The first-order valence-corrected chi connectivity index (χ1v) is 8.21. The van der Waals surface area contributed by atoms with E-state index in [0.717, 1.165) is 5.56 Å². The standard InChI is InChI=1S/C12H16ClN3O2S/c1-9-8-10(13)2-3-11(9)15-12(17)16-4-6-19(14,18)7-5-16/h2-3,8,14H,4-7H2,1H3,(H,15,17). The minimum Gasteiger partial charge on any atom is -0.323 e. The molecule has 1 aliphatic rings. The number of anilines is 1. The van der Waals surface area contributed by atoms with Crippen LogP contribution in [0.4, 0.5) is 10.5 Å². The van der Waals surface area contributed by atoms with Gasteiger partial charge in [-0.1, -0.05) is 11.6 Å². The highest BCUT2D eigenvalue weighted by Gasteiger charge is 2.23. The highest BCUT2D eigenvalue weighted by Crippen LogP contribution is 2.20. The minimum absolute atomic E-state index is 0.222. The van der Waals surface area contributed by atoms with Crippen LogP contribution in [0.5, 0.6) is 0 Å². The Morgan fingerprint density at radius 3 is 2.63 bits per heavy atom. The zero-order valence-electron chi connectivity index (χ0n) is 10.6. The molecular weight excluding hydrogens is 286 g/mol. The molecule has 2 N–H and O–H groups in total. The van der Waals surface area contributed by atoms with E-state index in [1.807, 2.05) is 6.92 Å². The molecule has 0 aromatic heterocycles. The van der Waals surface area contributed by atoms with Gasteiger partial charge in [-0.05, 0) is 30.7 Å². The number of carbonyl (C=O) groups excluding carboxylic acids is 1. The first kappa shape index (κ1) is 14.1. The Balaban J connectivity index is 2.02. The molecule has 0 atom stereocenters. The van der Waals surface area contributed by atoms with Crippen molar-refractivity contribution in [2.24, 2.45) is 0 Å². The van der Waals surface area contributed by atoms with Gasteiger partial charge in [0.05, 0.1) is 0 Å². The smallest absolute Gasteiger partial charge is 0.321 e. The molecule has 2 amide bonds. The van der Waals surface area contributed by atoms with Crippen LogP contribution in [-0.4, -0.2) is 39.7 Å². The molecule has 1 aliphatic heterocycles. The second-order valence-corrected chi connectivity index (χ2v) is 7.47. The van der Waals surface area contributed by atoms with E-state index in [-0.39, 0.29) is 17.5 Å². The molecular formula is C12H16ClN3O2S. The van der Waals surface area contributed by atoms with Gasteiger partial charge in [-0.25, -0.2) is 9.00 Å². The van der Waals surface area contributed by atoms with Crippen LogP contribution in [0.2, 0.25) is 5.02 Å². The topological polar surface area (TPSA) is 73.3 Å². The summed E-state index contributed by atoms with van der Waals surface area (Å²) in [5.41, 5.74) is 1.61. The number of halogens is 1. The van der Waals surface area contributed by atoms with Crippen LogP contribution in [0, 0.1) is 11.7 Å². The molecule has 0 bridgehead atoms. The molecule has 0 radical (unpaired) electrons. The highest BCUT2D eigenvalue weighted by molar-refractivity contribution is 7.92. The van der Waals surface area contributed by atoms with E-state index in [1.165, 1.54) is 0 Å². The summed E-state index contributed by atoms with van der Waals surface area (Å²) in [6, 6.07) is 5.04. The summed E-state index contributed by atoms with van der Waals surface area (Å²) < 4.78 is 19.0. The van der Waals surface area contributed by atoms with Crippen molar-refractivity contribution in [3.05, 3.63) is 28.8 Å². The maximum Gasteiger partial charge on any atom is 0.321 e. The second kappa shape index (κ2) is 5.38. The zero-order chi connectivity index (χ0) is 14.0. The monoisotopic (exact) mass is 301 g/mol. The van der Waals surface area contributed by atoms with Crippen molar-refractivity contribution in [1.29, 1.82) is 4.78 Å². The van der Waals surface area contributed by atoms with Crippen molar-refractivity contribution < 1.29 is 9.00 Å². The Labute approximate surface area is 117 Å². The Bertz CT molecular complexity index is 587. The number of nitrogens with one attached hydrogen (secondary N) is 2. The molecule has 7 heteroatoms. The Kier molecular flexibility index (Phi) is 4.01. The van der Waals surface area contributed by atoms with Gasteiger partial charge in [0, 0.05) is 45.0 Å². The third kappa shape index (κ3) is 3.61. The van der Waals surface area contributed by atoms with E-state index in [4.69, 9.17) is 16.4 Å². The maximum absolute atomic E-state index is 12.0. The largest absolute Gasteiger partial charge is 0.323 e. The van der Waals surface area contributed by atoms with Gasteiger partial charge in [0.25, 0.3) is 0 Å². The molecule has 0 aliphatic carbocycles. The van der Waals surface area contributed by atoms with Gasteiger partial charge >= 0.3 is 6.03 Å². The second-order valence-electron chi connectivity index (χ2n) is 4.60. The molecule has 5 nitrogen and oxygen atoms in total. The molecule has 1 heterocycles. The van der Waals surface area contributed by atoms with Crippen LogP contribution in [0.3, 0.4) is 0 Å². The van der Waals surface area contributed by atoms with Crippen LogP contribution < -0.4 is 5.32 Å². The Hall–Kier alpha value is -1.27. The quantitative estimate of drug-likeness (QED) is 0.836. The number of rotatable bonds is 1. The summed E-state index contributed by atoms with van der Waals surface area (Å²) >= 11 is 5.86. The van der Waals surface area contributed by atoms with E-state index in [9.17, 15) is 9.00 Å². The summed E-state index contributed by atoms with van der Waals surface area (Å²) in [5.74, 6) is 0.500. The fourth-order valence-corrected chi connectivity index (χ4v) is 3.36. The van der Waals surface area contributed by atoms with Crippen LogP contribution in [0.25, 0.3) is 0 Å². The lowest BCUT2D eigenvalue weighted by molar-refractivity contribution is 0.216. The molecule has 0 unspecified atom stereocenters. The van der Waals surface area contributed by atoms with Crippen molar-refractivity contribution in [2.75, 3.05) is 29.9 Å². The van der Waals surface area contributed by atoms with Crippen LogP contribution in [0.1, 0.15) is 5.56 Å². The third-order valence-corrected chi connectivity index (χ3v) is 5.02. The highest BCUT2D eigenvalue weighted by atomic mass is 35.5. The van der Waals surface area contributed by atoms with Crippen LogP contribution in [-0.2, 0) is 9.73 Å². The molecule has 1 aromatic carbocycles. The number of nitrogens with zero attached hydrogens (tertiary/aromatic N) is 1. The lowest BCUT2D eigenvalue weighted by Crippen LogP contribution is -2.45. The van der Waals surface area contributed by atoms with Gasteiger partial charge in [0.2, 0.25) is 0 Å². The predicted octanol–water partition coefficient (Wildman–Crippen LogP) is 2.54. The van der Waals surface area contributed by atoms with Crippen molar-refractivity contribution in [3.8, 4) is 0 Å². The van der Waals surface area contributed by atoms with Crippen LogP contribution >= 0.6 is 11.6 Å². The summed E-state index contributed by atoms with van der Waals surface area (Å²) in [4.78, 5) is 13.6. The predicted molar refractivity (Wildman–Crippen MR) is 77.4 cm³/mol. The van der Waals surface area contributed by atoms with Gasteiger partial charge in [-0.2, -0.15) is 0 Å². The van der Waals surface area contributed by atoms with Crippen molar-refractivity contribution in [2.45, 2.75) is 6.92 Å². The van der Waals surface area contributed by atoms with Crippen molar-refractivity contribution >= 4 is 33.0 Å². The van der Waals surface area contributed by atoms with Gasteiger partial charge in [0.15, 0.2) is 0 Å². The zero-order valence-corrected chi connectivity index (χ0v) is 12.2. The van der Waals surface area contributed by atoms with E-state index >= 15 is 0 Å². The lowest BCUT2D eigenvalue weighted by atomic mass is 10.2. The Morgan fingerprint density at radius 1 is 1.42 bits per heavy atom. The molecule has 1 saturated heterocycles. The van der Waals surface area contributed by atoms with E-state index < -0.39 is 9.73 Å². The minimum atomic E-state index is -2.47. The van der Waals surface area contributed by atoms with Gasteiger partial charge in [-0.15, -0.1) is 0 Å². The van der Waals surface area contributed by atoms with Crippen LogP contribution in [0.15, 0.2) is 18.2 Å². The average molecular weight is 302 g/mol. The molecule has 19 heavy (non-hydrogen) atoms. The number of urea groups is 1. The Morgan fingerprint density at radius 2 is 2.05 bits per heavy atom. The van der Waals surface area contributed by atoms with E-state index in [1.54, 1.807) is 23.1 Å². The van der Waals surface area contributed by atoms with E-state index in [0.29, 0.717) is 23.8 Å². The third-order valence-electron chi connectivity index (χ3n) is 3.10. The van der Waals surface area contributed by atoms with Gasteiger partial charge in [-0.3, -0.25) is 4.78 Å². The molecule has 0 spiro atoms. The lowest BCUT2D eigenvalue weighted by Gasteiger charge is -2.28. The summed E-state index contributed by atoms with van der Waals surface area (Å²) in [6.45, 7) is 2.59. The molecule has 1 fully saturated rings. The SMILES string of the molecule is Cc1cc(Cl)ccc1NC(=O)N1CCS(=N)(=O)CC1. The van der Waals surface area contributed by atoms with Gasteiger partial charge < -0.3 is 10.2 Å². The number of hydrogen-bond acceptors (Lipinski definition) is 3. The fraction of sp³-hybridized carbons (Fsp3) is 0.417. The van der Waals surface area contributed by atoms with Gasteiger partial charge in [0.1, 0.15) is 0 Å². The fourth-order valence-electron chi connectivity index (χ4n) is 1.89. The van der Waals surface area contributed by atoms with Crippen molar-refractivity contribution in [1.82, 2.24) is 4.90 Å². The number of benzene rings is 1. The number of amides is 2. The molecule has 2 rings (SSSR count). The summed E-state index contributed by atoms with van der Waals surface area (Å²) in [6.07, 6.45) is 0. The van der Waals surface area contributed by atoms with Crippen molar-refractivity contribution in [3.63, 3.8) is 0 Å². The number of hydrogen-bond donors (Lipinski definition) is 2. The molecule has 1 aromatic rings. The molecule has 104 valence electrons. The van der Waals surface area contributed by atoms with E-state index in [2.05, 4.69) is 5.32 Å². The average Bonchev–Trinajstić information content (AvgIpc) is 2.32. The maximum atomic E-state index is 12.0.